The molecule has 86 valence electrons. The van der Waals surface area contributed by atoms with Crippen molar-refractivity contribution in [3.63, 3.8) is 0 Å². The summed E-state index contributed by atoms with van der Waals surface area (Å²) in [5.41, 5.74) is 0.749. The zero-order valence-electron chi connectivity index (χ0n) is 9.00. The van der Waals surface area contributed by atoms with E-state index in [2.05, 4.69) is 0 Å². The molecule has 1 fully saturated rings. The number of epoxide rings is 1. The third-order valence-corrected chi connectivity index (χ3v) is 2.50. The predicted molar refractivity (Wildman–Crippen MR) is 56.7 cm³/mol. The number of aliphatic hydroxyl groups is 1. The van der Waals surface area contributed by atoms with Gasteiger partial charge in [-0.3, -0.25) is 0 Å². The van der Waals surface area contributed by atoms with Crippen LogP contribution in [0.3, 0.4) is 0 Å². The second-order valence-electron chi connectivity index (χ2n) is 3.63. The van der Waals surface area contributed by atoms with Gasteiger partial charge in [0.05, 0.1) is 6.61 Å². The minimum absolute atomic E-state index is 0.326. The van der Waals surface area contributed by atoms with Crippen LogP contribution in [-0.2, 0) is 14.3 Å². The Morgan fingerprint density at radius 3 is 2.81 bits per heavy atom. The van der Waals surface area contributed by atoms with Gasteiger partial charge < -0.3 is 14.6 Å². The summed E-state index contributed by atoms with van der Waals surface area (Å²) in [5.74, 6) is -0.400. The number of hydrogen-bond donors (Lipinski definition) is 1. The lowest BCUT2D eigenvalue weighted by Gasteiger charge is -2.06. The summed E-state index contributed by atoms with van der Waals surface area (Å²) in [5, 5.41) is 9.92. The average molecular weight is 222 g/mol. The fourth-order valence-corrected chi connectivity index (χ4v) is 1.62. The van der Waals surface area contributed by atoms with Gasteiger partial charge in [0, 0.05) is 0 Å². The van der Waals surface area contributed by atoms with E-state index in [1.165, 1.54) is 0 Å². The standard InChI is InChI=1S/C12H14O4/c1-2-15-12(14)11-10(16-11)9(13)8-6-4-3-5-7-8/h3-7,9-11,13H,2H2,1H3/t9-,10+,11-/m0/s1. The van der Waals surface area contributed by atoms with Gasteiger partial charge in [-0.05, 0) is 12.5 Å². The van der Waals surface area contributed by atoms with Gasteiger partial charge in [0.1, 0.15) is 12.2 Å². The van der Waals surface area contributed by atoms with Crippen LogP contribution in [0.25, 0.3) is 0 Å². The zero-order chi connectivity index (χ0) is 11.5. The van der Waals surface area contributed by atoms with E-state index >= 15 is 0 Å². The third-order valence-electron chi connectivity index (χ3n) is 2.50. The number of benzene rings is 1. The molecule has 1 aromatic rings. The topological polar surface area (TPSA) is 59.1 Å². The Balaban J connectivity index is 1.94. The highest BCUT2D eigenvalue weighted by Crippen LogP contribution is 2.34. The molecule has 0 aromatic heterocycles. The molecular weight excluding hydrogens is 208 g/mol. The molecule has 3 atom stereocenters. The summed E-state index contributed by atoms with van der Waals surface area (Å²) < 4.78 is 9.93. The van der Waals surface area contributed by atoms with Crippen molar-refractivity contribution in [1.82, 2.24) is 0 Å². The van der Waals surface area contributed by atoms with Gasteiger partial charge in [-0.15, -0.1) is 0 Å². The molecular formula is C12H14O4. The summed E-state index contributed by atoms with van der Waals surface area (Å²) in [4.78, 5) is 11.3. The lowest BCUT2D eigenvalue weighted by Crippen LogP contribution is -2.17. The average Bonchev–Trinajstić information content (AvgIpc) is 3.09. The van der Waals surface area contributed by atoms with E-state index in [1.807, 2.05) is 18.2 Å². The van der Waals surface area contributed by atoms with Crippen molar-refractivity contribution in [3.05, 3.63) is 35.9 Å². The first-order valence-corrected chi connectivity index (χ1v) is 5.29. The summed E-state index contributed by atoms with van der Waals surface area (Å²) in [6.45, 7) is 2.07. The Hall–Kier alpha value is -1.39. The van der Waals surface area contributed by atoms with Crippen LogP contribution in [0.5, 0.6) is 0 Å². The van der Waals surface area contributed by atoms with Crippen LogP contribution in [0, 0.1) is 0 Å². The van der Waals surface area contributed by atoms with Crippen LogP contribution in [0.15, 0.2) is 30.3 Å². The number of carbonyl (C=O) groups is 1. The van der Waals surface area contributed by atoms with Gasteiger partial charge in [-0.25, -0.2) is 4.79 Å². The van der Waals surface area contributed by atoms with Crippen LogP contribution < -0.4 is 0 Å². The summed E-state index contributed by atoms with van der Waals surface area (Å²) in [6.07, 6.45) is -1.85. The highest BCUT2D eigenvalue weighted by molar-refractivity contribution is 5.78. The number of rotatable bonds is 4. The maximum atomic E-state index is 11.3. The van der Waals surface area contributed by atoms with Gasteiger partial charge in [0.25, 0.3) is 0 Å². The van der Waals surface area contributed by atoms with Crippen LogP contribution in [0.1, 0.15) is 18.6 Å². The molecule has 4 nitrogen and oxygen atoms in total. The molecule has 0 radical (unpaired) electrons. The second kappa shape index (κ2) is 4.63. The monoisotopic (exact) mass is 222 g/mol. The second-order valence-corrected chi connectivity index (χ2v) is 3.63. The van der Waals surface area contributed by atoms with E-state index < -0.39 is 24.3 Å². The first kappa shape index (κ1) is 11.1. The Morgan fingerprint density at radius 2 is 2.19 bits per heavy atom. The maximum absolute atomic E-state index is 11.3. The normalized spacial score (nSPS) is 24.9. The zero-order valence-corrected chi connectivity index (χ0v) is 9.00. The summed E-state index contributed by atoms with van der Waals surface area (Å²) in [7, 11) is 0. The van der Waals surface area contributed by atoms with Crippen molar-refractivity contribution in [2.75, 3.05) is 6.61 Å². The molecule has 0 spiro atoms. The summed E-state index contributed by atoms with van der Waals surface area (Å²) in [6, 6.07) is 9.14. The van der Waals surface area contributed by atoms with Gasteiger partial charge in [-0.1, -0.05) is 30.3 Å². The molecule has 1 aromatic carbocycles. The van der Waals surface area contributed by atoms with Crippen molar-refractivity contribution in [2.24, 2.45) is 0 Å². The number of carbonyl (C=O) groups excluding carboxylic acids is 1. The highest BCUT2D eigenvalue weighted by atomic mass is 16.6. The number of esters is 1. The smallest absolute Gasteiger partial charge is 0.338 e. The van der Waals surface area contributed by atoms with Crippen molar-refractivity contribution >= 4 is 5.97 Å². The van der Waals surface area contributed by atoms with Crippen molar-refractivity contribution in [3.8, 4) is 0 Å². The van der Waals surface area contributed by atoms with E-state index in [0.29, 0.717) is 6.61 Å². The Kier molecular flexibility index (Phi) is 3.22. The maximum Gasteiger partial charge on any atom is 0.338 e. The minimum atomic E-state index is -0.768. The Labute approximate surface area is 93.8 Å². The fraction of sp³-hybridized carbons (Fsp3) is 0.417. The SMILES string of the molecule is CCOC(=O)[C@H]1O[C@@H]1[C@@H](O)c1ccccc1. The van der Waals surface area contributed by atoms with Gasteiger partial charge in [0.15, 0.2) is 6.10 Å². The number of ether oxygens (including phenoxy) is 2. The first-order chi connectivity index (χ1) is 7.74. The van der Waals surface area contributed by atoms with E-state index in [9.17, 15) is 9.90 Å². The minimum Gasteiger partial charge on any atom is -0.464 e. The molecule has 2 rings (SSSR count). The molecule has 1 aliphatic rings. The molecule has 0 bridgehead atoms. The van der Waals surface area contributed by atoms with E-state index in [0.717, 1.165) is 5.56 Å². The molecule has 0 unspecified atom stereocenters. The van der Waals surface area contributed by atoms with E-state index in [4.69, 9.17) is 9.47 Å². The van der Waals surface area contributed by atoms with Crippen LogP contribution in [-0.4, -0.2) is 29.9 Å². The van der Waals surface area contributed by atoms with Crippen molar-refractivity contribution in [2.45, 2.75) is 25.2 Å². The quantitative estimate of drug-likeness (QED) is 0.611. The molecule has 1 N–H and O–H groups in total. The van der Waals surface area contributed by atoms with Gasteiger partial charge in [-0.2, -0.15) is 0 Å². The van der Waals surface area contributed by atoms with E-state index in [-0.39, 0.29) is 0 Å². The summed E-state index contributed by atoms with van der Waals surface area (Å²) >= 11 is 0. The van der Waals surface area contributed by atoms with Crippen LogP contribution in [0.2, 0.25) is 0 Å². The molecule has 0 aliphatic carbocycles. The lowest BCUT2D eigenvalue weighted by molar-refractivity contribution is -0.144. The van der Waals surface area contributed by atoms with Crippen molar-refractivity contribution in [1.29, 1.82) is 0 Å². The molecule has 1 heterocycles. The van der Waals surface area contributed by atoms with Gasteiger partial charge >= 0.3 is 5.97 Å². The van der Waals surface area contributed by atoms with Crippen LogP contribution >= 0.6 is 0 Å². The van der Waals surface area contributed by atoms with Crippen LogP contribution in [0.4, 0.5) is 0 Å². The molecule has 1 saturated heterocycles. The predicted octanol–water partition coefficient (Wildman–Crippen LogP) is 1.05. The molecule has 4 heteroatoms. The fourth-order valence-electron chi connectivity index (χ4n) is 1.62. The lowest BCUT2D eigenvalue weighted by atomic mass is 10.1. The van der Waals surface area contributed by atoms with Crippen molar-refractivity contribution < 1.29 is 19.4 Å². The van der Waals surface area contributed by atoms with Gasteiger partial charge in [0.2, 0.25) is 0 Å². The number of aliphatic hydroxyl groups excluding tert-OH is 1. The van der Waals surface area contributed by atoms with E-state index in [1.54, 1.807) is 19.1 Å². The molecule has 0 amide bonds. The first-order valence-electron chi connectivity index (χ1n) is 5.29. The molecule has 16 heavy (non-hydrogen) atoms. The third kappa shape index (κ3) is 2.23. The molecule has 1 aliphatic heterocycles. The number of hydrogen-bond acceptors (Lipinski definition) is 4. The largest absolute Gasteiger partial charge is 0.464 e. The molecule has 0 saturated carbocycles. The Bertz CT molecular complexity index is 363. The Morgan fingerprint density at radius 1 is 1.50 bits per heavy atom. The highest BCUT2D eigenvalue weighted by Gasteiger charge is 2.51.